The third-order valence-corrected chi connectivity index (χ3v) is 3.03. The number of hydrogen-bond acceptors (Lipinski definition) is 4. The van der Waals surface area contributed by atoms with Crippen molar-refractivity contribution in [2.24, 2.45) is 5.73 Å². The summed E-state index contributed by atoms with van der Waals surface area (Å²) in [5.41, 5.74) is 5.87. The third kappa shape index (κ3) is 4.47. The molecule has 5 heteroatoms. The van der Waals surface area contributed by atoms with E-state index in [4.69, 9.17) is 10.5 Å². The lowest BCUT2D eigenvalue weighted by Gasteiger charge is -2.35. The molecule has 16 heavy (non-hydrogen) atoms. The van der Waals surface area contributed by atoms with Crippen molar-refractivity contribution in [3.8, 4) is 0 Å². The van der Waals surface area contributed by atoms with Gasteiger partial charge >= 0.3 is 0 Å². The highest BCUT2D eigenvalue weighted by Crippen LogP contribution is 2.14. The Balaban J connectivity index is 2.22. The van der Waals surface area contributed by atoms with E-state index in [0.29, 0.717) is 31.8 Å². The first-order valence-electron chi connectivity index (χ1n) is 5.88. The molecule has 1 saturated heterocycles. The Bertz CT molecular complexity index is 223. The topological polar surface area (TPSA) is 67.6 Å². The standard InChI is InChI=1S/C11H23N3O2/c1-9-7-10(12)3-5-14(9)8-11(15)13-4-6-16-2/h9-10H,3-8,12H2,1-2H3,(H,13,15). The van der Waals surface area contributed by atoms with Crippen molar-refractivity contribution < 1.29 is 9.53 Å². The Morgan fingerprint density at radius 1 is 1.62 bits per heavy atom. The molecule has 1 aliphatic rings. The summed E-state index contributed by atoms with van der Waals surface area (Å²) in [6.07, 6.45) is 1.96. The molecule has 0 saturated carbocycles. The molecule has 1 fully saturated rings. The minimum Gasteiger partial charge on any atom is -0.383 e. The van der Waals surface area contributed by atoms with E-state index in [2.05, 4.69) is 17.1 Å². The number of carbonyl (C=O) groups excluding carboxylic acids is 1. The number of likely N-dealkylation sites (tertiary alicyclic amines) is 1. The molecule has 5 nitrogen and oxygen atoms in total. The van der Waals surface area contributed by atoms with Crippen LogP contribution in [-0.4, -0.2) is 56.2 Å². The van der Waals surface area contributed by atoms with Gasteiger partial charge in [0.05, 0.1) is 13.2 Å². The molecule has 1 rings (SSSR count). The van der Waals surface area contributed by atoms with Crippen molar-refractivity contribution >= 4 is 5.91 Å². The van der Waals surface area contributed by atoms with Crippen LogP contribution in [0.2, 0.25) is 0 Å². The highest BCUT2D eigenvalue weighted by atomic mass is 16.5. The van der Waals surface area contributed by atoms with Gasteiger partial charge in [-0.25, -0.2) is 0 Å². The fourth-order valence-corrected chi connectivity index (χ4v) is 2.02. The smallest absolute Gasteiger partial charge is 0.234 e. The summed E-state index contributed by atoms with van der Waals surface area (Å²) in [5.74, 6) is 0.0689. The van der Waals surface area contributed by atoms with Gasteiger partial charge in [-0.05, 0) is 19.8 Å². The number of piperidine rings is 1. The van der Waals surface area contributed by atoms with Crippen LogP contribution in [0.1, 0.15) is 19.8 Å². The average molecular weight is 229 g/mol. The molecular formula is C11H23N3O2. The lowest BCUT2D eigenvalue weighted by atomic mass is 9.99. The van der Waals surface area contributed by atoms with Gasteiger partial charge in [-0.2, -0.15) is 0 Å². The van der Waals surface area contributed by atoms with Gasteiger partial charge in [0.25, 0.3) is 0 Å². The monoisotopic (exact) mass is 229 g/mol. The second-order valence-corrected chi connectivity index (χ2v) is 4.45. The fraction of sp³-hybridized carbons (Fsp3) is 0.909. The number of methoxy groups -OCH3 is 1. The van der Waals surface area contributed by atoms with E-state index in [1.165, 1.54) is 0 Å². The molecule has 2 unspecified atom stereocenters. The number of ether oxygens (including phenoxy) is 1. The summed E-state index contributed by atoms with van der Waals surface area (Å²) < 4.78 is 4.87. The highest BCUT2D eigenvalue weighted by Gasteiger charge is 2.24. The van der Waals surface area contributed by atoms with Crippen molar-refractivity contribution in [1.29, 1.82) is 0 Å². The first kappa shape index (κ1) is 13.4. The predicted octanol–water partition coefficient (Wildman–Crippen LogP) is -0.439. The van der Waals surface area contributed by atoms with Crippen LogP contribution < -0.4 is 11.1 Å². The van der Waals surface area contributed by atoms with Crippen LogP contribution in [0, 0.1) is 0 Å². The van der Waals surface area contributed by atoms with Crippen molar-refractivity contribution in [3.63, 3.8) is 0 Å². The number of nitrogens with zero attached hydrogens (tertiary/aromatic N) is 1. The van der Waals surface area contributed by atoms with Gasteiger partial charge in [-0.15, -0.1) is 0 Å². The molecule has 0 aromatic heterocycles. The number of amides is 1. The van der Waals surface area contributed by atoms with Crippen LogP contribution in [-0.2, 0) is 9.53 Å². The van der Waals surface area contributed by atoms with Gasteiger partial charge in [-0.1, -0.05) is 0 Å². The zero-order valence-electron chi connectivity index (χ0n) is 10.2. The largest absolute Gasteiger partial charge is 0.383 e. The Hall–Kier alpha value is -0.650. The van der Waals surface area contributed by atoms with E-state index in [-0.39, 0.29) is 5.91 Å². The normalized spacial score (nSPS) is 26.7. The average Bonchev–Trinajstić information content (AvgIpc) is 2.23. The highest BCUT2D eigenvalue weighted by molar-refractivity contribution is 5.78. The SMILES string of the molecule is COCCNC(=O)CN1CCC(N)CC1C. The number of rotatable bonds is 5. The van der Waals surface area contributed by atoms with Crippen molar-refractivity contribution in [2.75, 3.05) is 33.4 Å². The fourth-order valence-electron chi connectivity index (χ4n) is 2.02. The Labute approximate surface area is 97.3 Å². The van der Waals surface area contributed by atoms with Crippen molar-refractivity contribution in [2.45, 2.75) is 31.8 Å². The van der Waals surface area contributed by atoms with E-state index in [1.54, 1.807) is 7.11 Å². The molecule has 0 aromatic rings. The molecule has 3 N–H and O–H groups in total. The maximum atomic E-state index is 11.6. The minimum absolute atomic E-state index is 0.0689. The number of hydrogen-bond donors (Lipinski definition) is 2. The minimum atomic E-state index is 0.0689. The van der Waals surface area contributed by atoms with E-state index in [0.717, 1.165) is 19.4 Å². The molecule has 0 spiro atoms. The first-order chi connectivity index (χ1) is 7.63. The van der Waals surface area contributed by atoms with Crippen molar-refractivity contribution in [1.82, 2.24) is 10.2 Å². The third-order valence-electron chi connectivity index (χ3n) is 3.03. The van der Waals surface area contributed by atoms with Gasteiger partial charge in [0.1, 0.15) is 0 Å². The van der Waals surface area contributed by atoms with Crippen LogP contribution in [0.5, 0.6) is 0 Å². The summed E-state index contributed by atoms with van der Waals surface area (Å²) >= 11 is 0. The van der Waals surface area contributed by atoms with Gasteiger partial charge in [-0.3, -0.25) is 9.69 Å². The molecule has 0 aliphatic carbocycles. The van der Waals surface area contributed by atoms with Crippen molar-refractivity contribution in [3.05, 3.63) is 0 Å². The molecule has 0 radical (unpaired) electrons. The summed E-state index contributed by atoms with van der Waals surface area (Å²) in [4.78, 5) is 13.8. The van der Waals surface area contributed by atoms with Crippen LogP contribution >= 0.6 is 0 Å². The Morgan fingerprint density at radius 2 is 2.38 bits per heavy atom. The van der Waals surface area contributed by atoms with Gasteiger partial charge in [0, 0.05) is 32.3 Å². The maximum absolute atomic E-state index is 11.6. The molecular weight excluding hydrogens is 206 g/mol. The van der Waals surface area contributed by atoms with Crippen LogP contribution in [0.25, 0.3) is 0 Å². The van der Waals surface area contributed by atoms with Crippen LogP contribution in [0.3, 0.4) is 0 Å². The first-order valence-corrected chi connectivity index (χ1v) is 5.88. The number of nitrogens with one attached hydrogen (secondary N) is 1. The second kappa shape index (κ2) is 6.83. The van der Waals surface area contributed by atoms with E-state index in [1.807, 2.05) is 0 Å². The predicted molar refractivity (Wildman–Crippen MR) is 63.1 cm³/mol. The van der Waals surface area contributed by atoms with Crippen LogP contribution in [0.4, 0.5) is 0 Å². The summed E-state index contributed by atoms with van der Waals surface area (Å²) in [6, 6.07) is 0.694. The lowest BCUT2D eigenvalue weighted by Crippen LogP contribution is -2.49. The Morgan fingerprint density at radius 3 is 3.00 bits per heavy atom. The molecule has 1 amide bonds. The number of nitrogens with two attached hydrogens (primary N) is 1. The summed E-state index contributed by atoms with van der Waals surface area (Å²) in [5, 5.41) is 2.83. The zero-order chi connectivity index (χ0) is 12.0. The quantitative estimate of drug-likeness (QED) is 0.627. The van der Waals surface area contributed by atoms with E-state index >= 15 is 0 Å². The molecule has 94 valence electrons. The maximum Gasteiger partial charge on any atom is 0.234 e. The molecule has 0 bridgehead atoms. The van der Waals surface area contributed by atoms with E-state index in [9.17, 15) is 4.79 Å². The van der Waals surface area contributed by atoms with Gasteiger partial charge < -0.3 is 15.8 Å². The van der Waals surface area contributed by atoms with Crippen LogP contribution in [0.15, 0.2) is 0 Å². The summed E-state index contributed by atoms with van der Waals surface area (Å²) in [6.45, 7) is 4.66. The zero-order valence-corrected chi connectivity index (χ0v) is 10.2. The van der Waals surface area contributed by atoms with Gasteiger partial charge in [0.2, 0.25) is 5.91 Å². The molecule has 0 aromatic carbocycles. The summed E-state index contributed by atoms with van der Waals surface area (Å²) in [7, 11) is 1.63. The molecule has 1 heterocycles. The Kier molecular flexibility index (Phi) is 5.73. The molecule has 1 aliphatic heterocycles. The molecule has 2 atom stereocenters. The van der Waals surface area contributed by atoms with E-state index < -0.39 is 0 Å². The lowest BCUT2D eigenvalue weighted by molar-refractivity contribution is -0.123. The number of carbonyl (C=O) groups is 1. The van der Waals surface area contributed by atoms with Gasteiger partial charge in [0.15, 0.2) is 0 Å². The second-order valence-electron chi connectivity index (χ2n) is 4.45.